The van der Waals surface area contributed by atoms with Crippen LogP contribution in [-0.4, -0.2) is 40.9 Å². The molecule has 5 nitrogen and oxygen atoms in total. The number of anilines is 1. The van der Waals surface area contributed by atoms with Gasteiger partial charge in [0.1, 0.15) is 12.1 Å². The van der Waals surface area contributed by atoms with E-state index in [9.17, 15) is 4.79 Å². The Bertz CT molecular complexity index is 479. The third-order valence-electron chi connectivity index (χ3n) is 4.15. The first-order chi connectivity index (χ1) is 9.97. The van der Waals surface area contributed by atoms with E-state index in [1.165, 1.54) is 0 Å². The van der Waals surface area contributed by atoms with Gasteiger partial charge < -0.3 is 10.2 Å². The van der Waals surface area contributed by atoms with Crippen molar-refractivity contribution in [3.8, 4) is 0 Å². The summed E-state index contributed by atoms with van der Waals surface area (Å²) < 4.78 is 0. The number of carbonyl (C=O) groups excluding carboxylic acids is 1. The van der Waals surface area contributed by atoms with Crippen molar-refractivity contribution in [2.75, 3.05) is 19.4 Å². The number of carbonyl (C=O) groups is 1. The molecule has 116 valence electrons. The molecule has 0 saturated heterocycles. The van der Waals surface area contributed by atoms with Crippen LogP contribution in [0.2, 0.25) is 0 Å². The molecule has 1 aliphatic carbocycles. The molecular formula is C16H26N4O. The zero-order valence-corrected chi connectivity index (χ0v) is 13.5. The van der Waals surface area contributed by atoms with Crippen molar-refractivity contribution >= 4 is 11.7 Å². The second-order valence-corrected chi connectivity index (χ2v) is 6.41. The fourth-order valence-electron chi connectivity index (χ4n) is 2.83. The minimum absolute atomic E-state index is 0.190. The van der Waals surface area contributed by atoms with Crippen molar-refractivity contribution in [3.63, 3.8) is 0 Å². The lowest BCUT2D eigenvalue weighted by molar-refractivity contribution is -0.133. The number of hydrogen-bond acceptors (Lipinski definition) is 4. The first kappa shape index (κ1) is 15.7. The molecule has 21 heavy (non-hydrogen) atoms. The van der Waals surface area contributed by atoms with Crippen molar-refractivity contribution in [3.05, 3.63) is 18.1 Å². The zero-order chi connectivity index (χ0) is 15.4. The summed E-state index contributed by atoms with van der Waals surface area (Å²) in [4.78, 5) is 22.3. The Balaban J connectivity index is 1.89. The molecule has 0 bridgehead atoms. The monoisotopic (exact) mass is 290 g/mol. The third-order valence-corrected chi connectivity index (χ3v) is 4.15. The number of aromatic nitrogens is 2. The normalized spacial score (nSPS) is 22.1. The van der Waals surface area contributed by atoms with Crippen LogP contribution in [-0.2, 0) is 4.79 Å². The van der Waals surface area contributed by atoms with Crippen LogP contribution in [0.25, 0.3) is 0 Å². The Morgan fingerprint density at radius 2 is 1.90 bits per heavy atom. The molecule has 1 aromatic rings. The van der Waals surface area contributed by atoms with Crippen LogP contribution in [0.4, 0.5) is 5.82 Å². The molecule has 1 fully saturated rings. The largest absolute Gasteiger partial charge is 0.367 e. The maximum absolute atomic E-state index is 12.0. The van der Waals surface area contributed by atoms with Gasteiger partial charge in [-0.15, -0.1) is 0 Å². The van der Waals surface area contributed by atoms with E-state index in [0.717, 1.165) is 37.2 Å². The van der Waals surface area contributed by atoms with Gasteiger partial charge in [0.2, 0.25) is 5.91 Å². The molecule has 1 N–H and O–H groups in total. The van der Waals surface area contributed by atoms with Crippen molar-refractivity contribution in [2.24, 2.45) is 5.92 Å². The SMILES string of the molecule is CC(C)c1cc(NC2CCC(C(=O)N(C)C)CC2)ncn1. The van der Waals surface area contributed by atoms with E-state index in [0.29, 0.717) is 12.0 Å². The van der Waals surface area contributed by atoms with E-state index in [4.69, 9.17) is 0 Å². The Morgan fingerprint density at radius 3 is 2.48 bits per heavy atom. The van der Waals surface area contributed by atoms with Gasteiger partial charge in [0.25, 0.3) is 0 Å². The molecule has 0 aromatic carbocycles. The van der Waals surface area contributed by atoms with Gasteiger partial charge in [-0.1, -0.05) is 13.8 Å². The highest BCUT2D eigenvalue weighted by Crippen LogP contribution is 2.27. The van der Waals surface area contributed by atoms with Gasteiger partial charge >= 0.3 is 0 Å². The molecule has 0 radical (unpaired) electrons. The van der Waals surface area contributed by atoms with Crippen LogP contribution < -0.4 is 5.32 Å². The quantitative estimate of drug-likeness (QED) is 0.926. The molecule has 0 unspecified atom stereocenters. The van der Waals surface area contributed by atoms with Crippen molar-refractivity contribution in [1.29, 1.82) is 0 Å². The summed E-state index contributed by atoms with van der Waals surface area (Å²) in [6.45, 7) is 4.26. The van der Waals surface area contributed by atoms with Gasteiger partial charge in [0, 0.05) is 37.8 Å². The van der Waals surface area contributed by atoms with E-state index >= 15 is 0 Å². The maximum atomic E-state index is 12.0. The molecule has 2 rings (SSSR count). The van der Waals surface area contributed by atoms with Crippen molar-refractivity contribution in [1.82, 2.24) is 14.9 Å². The molecule has 1 aliphatic rings. The lowest BCUT2D eigenvalue weighted by Crippen LogP contribution is -2.35. The molecular weight excluding hydrogens is 264 g/mol. The minimum atomic E-state index is 0.190. The molecule has 0 spiro atoms. The van der Waals surface area contributed by atoms with Crippen LogP contribution in [0.1, 0.15) is 51.1 Å². The van der Waals surface area contributed by atoms with Gasteiger partial charge in [-0.05, 0) is 31.6 Å². The third kappa shape index (κ3) is 4.16. The van der Waals surface area contributed by atoms with E-state index in [2.05, 4.69) is 29.1 Å². The Kier molecular flexibility index (Phi) is 5.15. The lowest BCUT2D eigenvalue weighted by atomic mass is 9.85. The molecule has 0 atom stereocenters. The van der Waals surface area contributed by atoms with E-state index < -0.39 is 0 Å². The van der Waals surface area contributed by atoms with Crippen LogP contribution in [0.5, 0.6) is 0 Å². The number of hydrogen-bond donors (Lipinski definition) is 1. The van der Waals surface area contributed by atoms with Crippen LogP contribution in [0, 0.1) is 5.92 Å². The minimum Gasteiger partial charge on any atom is -0.367 e. The van der Waals surface area contributed by atoms with Crippen molar-refractivity contribution in [2.45, 2.75) is 51.5 Å². The molecule has 0 aliphatic heterocycles. The average Bonchev–Trinajstić information content (AvgIpc) is 2.47. The highest BCUT2D eigenvalue weighted by molar-refractivity contribution is 5.78. The molecule has 1 saturated carbocycles. The van der Waals surface area contributed by atoms with Crippen LogP contribution >= 0.6 is 0 Å². The molecule has 1 aromatic heterocycles. The Hall–Kier alpha value is -1.65. The van der Waals surface area contributed by atoms with Crippen molar-refractivity contribution < 1.29 is 4.79 Å². The highest BCUT2D eigenvalue weighted by atomic mass is 16.2. The zero-order valence-electron chi connectivity index (χ0n) is 13.5. The van der Waals surface area contributed by atoms with Gasteiger partial charge in [0.15, 0.2) is 0 Å². The second-order valence-electron chi connectivity index (χ2n) is 6.41. The topological polar surface area (TPSA) is 58.1 Å². The smallest absolute Gasteiger partial charge is 0.225 e. The van der Waals surface area contributed by atoms with Crippen LogP contribution in [0.3, 0.4) is 0 Å². The summed E-state index contributed by atoms with van der Waals surface area (Å²) in [6, 6.07) is 2.44. The fraction of sp³-hybridized carbons (Fsp3) is 0.688. The summed E-state index contributed by atoms with van der Waals surface area (Å²) >= 11 is 0. The molecule has 1 amide bonds. The predicted molar refractivity (Wildman–Crippen MR) is 84.2 cm³/mol. The Morgan fingerprint density at radius 1 is 1.24 bits per heavy atom. The Labute approximate surface area is 127 Å². The first-order valence-electron chi connectivity index (χ1n) is 7.77. The van der Waals surface area contributed by atoms with E-state index in [-0.39, 0.29) is 11.8 Å². The van der Waals surface area contributed by atoms with E-state index in [1.54, 1.807) is 11.2 Å². The number of nitrogens with one attached hydrogen (secondary N) is 1. The molecule has 5 heteroatoms. The predicted octanol–water partition coefficient (Wildman–Crippen LogP) is 2.66. The average molecular weight is 290 g/mol. The van der Waals surface area contributed by atoms with Gasteiger partial charge in [-0.2, -0.15) is 0 Å². The van der Waals surface area contributed by atoms with E-state index in [1.807, 2.05) is 20.2 Å². The summed E-state index contributed by atoms with van der Waals surface area (Å²) in [5.41, 5.74) is 1.06. The van der Waals surface area contributed by atoms with Crippen LogP contribution in [0.15, 0.2) is 12.4 Å². The summed E-state index contributed by atoms with van der Waals surface area (Å²) in [6.07, 6.45) is 5.57. The number of amides is 1. The highest BCUT2D eigenvalue weighted by Gasteiger charge is 2.27. The van der Waals surface area contributed by atoms with Gasteiger partial charge in [-0.3, -0.25) is 4.79 Å². The number of rotatable bonds is 4. The standard InChI is InChI=1S/C16H26N4O/c1-11(2)14-9-15(18-10-17-14)19-13-7-5-12(6-8-13)16(21)20(3)4/h9-13H,5-8H2,1-4H3,(H,17,18,19). The lowest BCUT2D eigenvalue weighted by Gasteiger charge is -2.30. The first-order valence-corrected chi connectivity index (χ1v) is 7.77. The summed E-state index contributed by atoms with van der Waals surface area (Å²) in [5, 5.41) is 3.49. The van der Waals surface area contributed by atoms with Gasteiger partial charge in [0.05, 0.1) is 0 Å². The molecule has 1 heterocycles. The maximum Gasteiger partial charge on any atom is 0.225 e. The summed E-state index contributed by atoms with van der Waals surface area (Å²) in [5.74, 6) is 1.75. The second kappa shape index (κ2) is 6.87. The number of nitrogens with zero attached hydrogens (tertiary/aromatic N) is 3. The van der Waals surface area contributed by atoms with Gasteiger partial charge in [-0.25, -0.2) is 9.97 Å². The summed E-state index contributed by atoms with van der Waals surface area (Å²) in [7, 11) is 3.67. The fourth-order valence-corrected chi connectivity index (χ4v) is 2.83.